The molecule has 0 saturated heterocycles. The van der Waals surface area contributed by atoms with Gasteiger partial charge in [0.05, 0.1) is 5.69 Å². The Morgan fingerprint density at radius 3 is 2.62 bits per heavy atom. The summed E-state index contributed by atoms with van der Waals surface area (Å²) in [5.41, 5.74) is 1.91. The molecule has 26 heavy (non-hydrogen) atoms. The fourth-order valence-electron chi connectivity index (χ4n) is 3.09. The number of nitrogens with zero attached hydrogens (tertiary/aromatic N) is 2. The van der Waals surface area contributed by atoms with Gasteiger partial charge in [0.1, 0.15) is 11.5 Å². The molecule has 1 aromatic heterocycles. The third kappa shape index (κ3) is 3.92. The fraction of sp³-hybridized carbons (Fsp3) is 0.421. The first-order valence-electron chi connectivity index (χ1n) is 8.88. The Morgan fingerprint density at radius 1 is 1.19 bits per heavy atom. The first-order valence-corrected chi connectivity index (χ1v) is 8.88. The van der Waals surface area contributed by atoms with Gasteiger partial charge in [-0.05, 0) is 50.8 Å². The van der Waals surface area contributed by atoms with Crippen molar-refractivity contribution >= 4 is 11.8 Å². The molecule has 0 bridgehead atoms. The first-order chi connectivity index (χ1) is 12.5. The predicted molar refractivity (Wildman–Crippen MR) is 95.3 cm³/mol. The van der Waals surface area contributed by atoms with Crippen molar-refractivity contribution in [2.24, 2.45) is 0 Å². The Kier molecular flexibility index (Phi) is 5.35. The van der Waals surface area contributed by atoms with E-state index in [0.29, 0.717) is 18.1 Å². The molecule has 1 aliphatic rings. The summed E-state index contributed by atoms with van der Waals surface area (Å²) in [4.78, 5) is 29.4. The molecule has 0 atom stereocenters. The second-order valence-electron chi connectivity index (χ2n) is 6.78. The maximum atomic E-state index is 13.0. The molecule has 6 nitrogen and oxygen atoms in total. The lowest BCUT2D eigenvalue weighted by atomic mass is 10.1. The van der Waals surface area contributed by atoms with E-state index in [0.717, 1.165) is 30.5 Å². The molecule has 1 aromatic carbocycles. The first kappa shape index (κ1) is 18.1. The number of nitrogens with one attached hydrogen (secondary N) is 2. The predicted octanol–water partition coefficient (Wildman–Crippen LogP) is 2.43. The van der Waals surface area contributed by atoms with Crippen molar-refractivity contribution in [1.82, 2.24) is 20.2 Å². The van der Waals surface area contributed by atoms with E-state index in [1.807, 2.05) is 18.4 Å². The van der Waals surface area contributed by atoms with Crippen LogP contribution in [0.15, 0.2) is 24.3 Å². The van der Waals surface area contributed by atoms with Gasteiger partial charge in [-0.2, -0.15) is 0 Å². The number of benzene rings is 1. The summed E-state index contributed by atoms with van der Waals surface area (Å²) in [5.74, 6) is -0.603. The lowest BCUT2D eigenvalue weighted by Crippen LogP contribution is -2.33. The number of fused-ring (bicyclic) bond motifs is 1. The lowest BCUT2D eigenvalue weighted by molar-refractivity contribution is 0.0927. The highest BCUT2D eigenvalue weighted by molar-refractivity contribution is 5.97. The van der Waals surface area contributed by atoms with E-state index in [1.165, 1.54) is 12.1 Å². The summed E-state index contributed by atoms with van der Waals surface area (Å²) in [6, 6.07) is 5.96. The van der Waals surface area contributed by atoms with Crippen molar-refractivity contribution in [3.63, 3.8) is 0 Å². The van der Waals surface area contributed by atoms with Crippen LogP contribution < -0.4 is 10.6 Å². The number of rotatable bonds is 5. The Balaban J connectivity index is 1.80. The number of halogens is 1. The molecule has 0 radical (unpaired) electrons. The van der Waals surface area contributed by atoms with Crippen LogP contribution >= 0.6 is 0 Å². The number of aromatic nitrogens is 2. The number of hydrogen-bond acceptors (Lipinski definition) is 3. The molecule has 138 valence electrons. The standard InChI is InChI=1S/C19H23FN4O2/c1-12(2)22-19(26)17-23-16(15-5-3-4-10-24(15)17)18(25)21-11-13-6-8-14(20)9-7-13/h6-9,12H,3-5,10-11H2,1-2H3,(H,21,25)(H,22,26). The molecule has 3 rings (SSSR count). The largest absolute Gasteiger partial charge is 0.347 e. The molecule has 2 heterocycles. The topological polar surface area (TPSA) is 76.0 Å². The highest BCUT2D eigenvalue weighted by Gasteiger charge is 2.27. The maximum Gasteiger partial charge on any atom is 0.287 e. The van der Waals surface area contributed by atoms with Gasteiger partial charge < -0.3 is 15.2 Å². The van der Waals surface area contributed by atoms with Crippen LogP contribution in [0.1, 0.15) is 59.1 Å². The molecular formula is C19H23FN4O2. The van der Waals surface area contributed by atoms with Crippen LogP contribution in [0.2, 0.25) is 0 Å². The van der Waals surface area contributed by atoms with Crippen molar-refractivity contribution in [2.45, 2.75) is 52.2 Å². The average Bonchev–Trinajstić information content (AvgIpc) is 3.00. The monoisotopic (exact) mass is 358 g/mol. The molecule has 0 fully saturated rings. The second-order valence-corrected chi connectivity index (χ2v) is 6.78. The molecule has 7 heteroatoms. The van der Waals surface area contributed by atoms with Crippen molar-refractivity contribution < 1.29 is 14.0 Å². The zero-order valence-electron chi connectivity index (χ0n) is 15.0. The molecule has 2 N–H and O–H groups in total. The summed E-state index contributed by atoms with van der Waals surface area (Å²) in [7, 11) is 0. The highest BCUT2D eigenvalue weighted by atomic mass is 19.1. The van der Waals surface area contributed by atoms with E-state index in [2.05, 4.69) is 15.6 Å². The van der Waals surface area contributed by atoms with Crippen LogP contribution in [0.4, 0.5) is 4.39 Å². The zero-order valence-corrected chi connectivity index (χ0v) is 15.0. The van der Waals surface area contributed by atoms with Crippen LogP contribution in [0.25, 0.3) is 0 Å². The van der Waals surface area contributed by atoms with Gasteiger partial charge in [0.2, 0.25) is 0 Å². The molecular weight excluding hydrogens is 335 g/mol. The highest BCUT2D eigenvalue weighted by Crippen LogP contribution is 2.21. The smallest absolute Gasteiger partial charge is 0.287 e. The minimum absolute atomic E-state index is 0.00482. The van der Waals surface area contributed by atoms with E-state index in [1.54, 1.807) is 12.1 Å². The average molecular weight is 358 g/mol. The minimum atomic E-state index is -0.316. The van der Waals surface area contributed by atoms with Gasteiger partial charge in [-0.15, -0.1) is 0 Å². The van der Waals surface area contributed by atoms with Crippen LogP contribution in [0.3, 0.4) is 0 Å². The summed E-state index contributed by atoms with van der Waals surface area (Å²) in [6.07, 6.45) is 2.65. The van der Waals surface area contributed by atoms with Gasteiger partial charge in [-0.1, -0.05) is 12.1 Å². The number of carbonyl (C=O) groups excluding carboxylic acids is 2. The molecule has 2 aromatic rings. The van der Waals surface area contributed by atoms with E-state index in [-0.39, 0.29) is 30.2 Å². The molecule has 0 aliphatic carbocycles. The number of hydrogen-bond donors (Lipinski definition) is 2. The third-order valence-electron chi connectivity index (χ3n) is 4.32. The quantitative estimate of drug-likeness (QED) is 0.862. The summed E-state index contributed by atoms with van der Waals surface area (Å²) >= 11 is 0. The maximum absolute atomic E-state index is 13.0. The Labute approximate surface area is 151 Å². The minimum Gasteiger partial charge on any atom is -0.347 e. The molecule has 0 unspecified atom stereocenters. The van der Waals surface area contributed by atoms with Gasteiger partial charge in [-0.3, -0.25) is 9.59 Å². The third-order valence-corrected chi connectivity index (χ3v) is 4.32. The van der Waals surface area contributed by atoms with E-state index < -0.39 is 0 Å². The van der Waals surface area contributed by atoms with Gasteiger partial charge in [0, 0.05) is 19.1 Å². The Hall–Kier alpha value is -2.70. The summed E-state index contributed by atoms with van der Waals surface area (Å²) < 4.78 is 14.8. The molecule has 0 saturated carbocycles. The van der Waals surface area contributed by atoms with Crippen LogP contribution in [-0.4, -0.2) is 27.4 Å². The van der Waals surface area contributed by atoms with Gasteiger partial charge in [0.25, 0.3) is 11.8 Å². The van der Waals surface area contributed by atoms with Crippen molar-refractivity contribution in [3.8, 4) is 0 Å². The second kappa shape index (κ2) is 7.68. The van der Waals surface area contributed by atoms with Crippen LogP contribution in [0, 0.1) is 5.82 Å². The van der Waals surface area contributed by atoms with Crippen molar-refractivity contribution in [2.75, 3.05) is 0 Å². The number of amides is 2. The van der Waals surface area contributed by atoms with Crippen LogP contribution in [-0.2, 0) is 19.5 Å². The number of imidazole rings is 1. The van der Waals surface area contributed by atoms with Crippen LogP contribution in [0.5, 0.6) is 0 Å². The SMILES string of the molecule is CC(C)NC(=O)c1nc(C(=O)NCc2ccc(F)cc2)c2n1CCCC2. The van der Waals surface area contributed by atoms with Gasteiger partial charge in [0.15, 0.2) is 5.82 Å². The normalized spacial score (nSPS) is 13.4. The summed E-state index contributed by atoms with van der Waals surface area (Å²) in [6.45, 7) is 4.73. The Bertz CT molecular complexity index is 812. The van der Waals surface area contributed by atoms with Gasteiger partial charge >= 0.3 is 0 Å². The lowest BCUT2D eigenvalue weighted by Gasteiger charge is -2.17. The number of carbonyl (C=O) groups is 2. The van der Waals surface area contributed by atoms with Gasteiger partial charge in [-0.25, -0.2) is 9.37 Å². The molecule has 0 spiro atoms. The van der Waals surface area contributed by atoms with E-state index in [4.69, 9.17) is 0 Å². The molecule has 2 amide bonds. The fourth-order valence-corrected chi connectivity index (χ4v) is 3.09. The van der Waals surface area contributed by atoms with Crippen molar-refractivity contribution in [3.05, 3.63) is 52.9 Å². The Morgan fingerprint density at radius 2 is 1.92 bits per heavy atom. The molecule has 1 aliphatic heterocycles. The van der Waals surface area contributed by atoms with E-state index >= 15 is 0 Å². The summed E-state index contributed by atoms with van der Waals surface area (Å²) in [5, 5.41) is 5.64. The zero-order chi connectivity index (χ0) is 18.7. The van der Waals surface area contributed by atoms with Crippen molar-refractivity contribution in [1.29, 1.82) is 0 Å². The van der Waals surface area contributed by atoms with E-state index in [9.17, 15) is 14.0 Å².